The molecule has 28 heteroatoms. The van der Waals surface area contributed by atoms with Gasteiger partial charge in [0.05, 0.1) is 98.4 Å². The van der Waals surface area contributed by atoms with Crippen molar-refractivity contribution >= 4 is 64.8 Å². The molecule has 0 saturated carbocycles. The molecule has 3 heterocycles. The highest BCUT2D eigenvalue weighted by atomic mass is 32.2. The lowest BCUT2D eigenvalue weighted by Crippen LogP contribution is -2.38. The number of nitro benzene ring substituents is 1. The number of nitro groups is 1. The Kier molecular flexibility index (Phi) is 31.4. The number of carbonyl (C=O) groups is 8. The Bertz CT molecular complexity index is 2860. The van der Waals surface area contributed by atoms with E-state index in [1.54, 1.807) is 32.9 Å². The predicted molar refractivity (Wildman–Crippen MR) is 339 cm³/mol. The Labute approximate surface area is 536 Å². The van der Waals surface area contributed by atoms with E-state index in [1.807, 2.05) is 18.7 Å². The highest BCUT2D eigenvalue weighted by Gasteiger charge is 2.43. The fraction of sp³-hybridized carbons (Fsp3) is 0.619. The zero-order chi connectivity index (χ0) is 66.6. The zero-order valence-corrected chi connectivity index (χ0v) is 54.3. The third kappa shape index (κ3) is 24.0. The van der Waals surface area contributed by atoms with Gasteiger partial charge in [-0.3, -0.25) is 38.9 Å². The number of hydrogen-bond acceptors (Lipinski definition) is 20. The number of nitrogens with two attached hydrogens (primary N) is 1. The lowest BCUT2D eigenvalue weighted by molar-refractivity contribution is -0.385. The summed E-state index contributed by atoms with van der Waals surface area (Å²) in [5.74, 6) is -1.91. The molecular formula is C63H93N9O18S. The summed E-state index contributed by atoms with van der Waals surface area (Å²) in [6.07, 6.45) is 8.68. The van der Waals surface area contributed by atoms with Crippen LogP contribution in [0, 0.1) is 22.0 Å². The Morgan fingerprint density at radius 2 is 1.54 bits per heavy atom. The van der Waals surface area contributed by atoms with Crippen molar-refractivity contribution in [3.8, 4) is 11.5 Å². The highest BCUT2D eigenvalue weighted by Crippen LogP contribution is 2.38. The number of fused-ring (bicyclic) bond motifs is 3. The first-order valence-corrected chi connectivity index (χ1v) is 32.1. The van der Waals surface area contributed by atoms with Crippen molar-refractivity contribution in [3.05, 3.63) is 86.3 Å². The van der Waals surface area contributed by atoms with Gasteiger partial charge in [0.2, 0.25) is 29.3 Å². The van der Waals surface area contributed by atoms with Crippen molar-refractivity contribution in [3.63, 3.8) is 0 Å². The molecular weight excluding hydrogens is 1200 g/mol. The summed E-state index contributed by atoms with van der Waals surface area (Å²) < 4.78 is 39.4. The molecule has 4 aliphatic rings. The molecule has 27 nitrogen and oxygen atoms in total. The zero-order valence-electron chi connectivity index (χ0n) is 53.5. The summed E-state index contributed by atoms with van der Waals surface area (Å²) >= 11 is 1.86. The second kappa shape index (κ2) is 38.5. The molecule has 1 aromatic carbocycles. The van der Waals surface area contributed by atoms with Crippen LogP contribution in [0.4, 0.5) is 15.3 Å². The summed E-state index contributed by atoms with van der Waals surface area (Å²) in [6.45, 7) is 10.1. The summed E-state index contributed by atoms with van der Waals surface area (Å²) in [4.78, 5) is 114. The van der Waals surface area contributed by atoms with Crippen LogP contribution < -0.4 is 52.4 Å². The molecule has 1 aliphatic carbocycles. The molecule has 10 atom stereocenters. The quantitative estimate of drug-likeness (QED) is 0.0113. The summed E-state index contributed by atoms with van der Waals surface area (Å²) in [5.41, 5.74) is 6.07. The second-order valence-corrected chi connectivity index (χ2v) is 24.3. The molecule has 2 bridgehead atoms. The van der Waals surface area contributed by atoms with E-state index in [0.717, 1.165) is 31.1 Å². The van der Waals surface area contributed by atoms with Gasteiger partial charge in [0, 0.05) is 87.3 Å². The van der Waals surface area contributed by atoms with Gasteiger partial charge in [0.1, 0.15) is 6.10 Å². The average molecular weight is 1300 g/mol. The van der Waals surface area contributed by atoms with E-state index in [9.17, 15) is 53.6 Å². The normalized spacial score (nSPS) is 24.8. The monoisotopic (exact) mass is 1300 g/mol. The van der Waals surface area contributed by atoms with Crippen molar-refractivity contribution in [2.45, 2.75) is 159 Å². The molecule has 2 saturated heterocycles. The molecule has 1 aromatic rings. The lowest BCUT2D eigenvalue weighted by Gasteiger charge is -2.30. The molecule has 5 rings (SSSR count). The van der Waals surface area contributed by atoms with Gasteiger partial charge in [0.15, 0.2) is 17.6 Å². The summed E-state index contributed by atoms with van der Waals surface area (Å²) in [6, 6.07) is 2.21. The molecule has 3 aliphatic heterocycles. The van der Waals surface area contributed by atoms with Gasteiger partial charge in [-0.1, -0.05) is 51.0 Å². The van der Waals surface area contributed by atoms with Crippen LogP contribution in [0.2, 0.25) is 0 Å². The van der Waals surface area contributed by atoms with Crippen LogP contribution in [0.15, 0.2) is 70.6 Å². The number of primary amides is 1. The number of ether oxygens (including phenoxy) is 7. The van der Waals surface area contributed by atoms with Crippen LogP contribution in [0.1, 0.15) is 123 Å². The minimum Gasteiger partial charge on any atom is -0.493 e. The largest absolute Gasteiger partial charge is 0.493 e. The number of benzene rings is 1. The van der Waals surface area contributed by atoms with E-state index < -0.39 is 64.9 Å². The van der Waals surface area contributed by atoms with Crippen molar-refractivity contribution in [1.82, 2.24) is 37.2 Å². The average Bonchev–Trinajstić information content (AvgIpc) is 1.59. The maximum atomic E-state index is 14.1. The van der Waals surface area contributed by atoms with Crippen LogP contribution in [0.3, 0.4) is 0 Å². The highest BCUT2D eigenvalue weighted by molar-refractivity contribution is 8.00. The number of Topliss-reactive ketones (excluding diaryl/α,β-unsaturated/α-hetero) is 1. The standard InChI is InChI=1S/C63H93N9O18S/c1-37-30-43-56(47(73)34-44(59(43)78)69-61(79)38(2)16-14-17-48(84-6)60(90-62(64)80)40(4)32-39(3)58(77)51(31-37)86-8)67-24-27-88-29-28-87-26-23-66-54(75)21-15-25-89-50-35-46(72(82)83)42(33-49(50)85-7)41(5)68-55(76)20-10-9-13-22-65-53(74)19-12-11-18-52-57-45(36-91-52)70-63(81)71-57/h14,16-17,32-35,37,39,41,45,48,51-52,57-58,60,67,77H,9-13,15,18-31,36H2,1-8H3,(H2,64,80)(H,65,74)(H,66,75)(H,68,76)(H,69,79)(H2,70,71,81)/b17-14-,38-16+,40-32+/t37-,39+,41?,45?,48?,51+,52+,57?,58-,60+/m0/s1. The first-order chi connectivity index (χ1) is 43.5. The topological polar surface area (TPSA) is 375 Å². The maximum Gasteiger partial charge on any atom is 0.405 e. The number of rotatable bonds is 33. The Hall–Kier alpha value is -7.37. The number of allylic oxidation sites excluding steroid dienone is 4. The summed E-state index contributed by atoms with van der Waals surface area (Å²) in [7, 11) is 4.26. The number of nitrogens with one attached hydrogen (secondary N) is 7. The third-order valence-corrected chi connectivity index (χ3v) is 17.4. The van der Waals surface area contributed by atoms with Crippen LogP contribution in [-0.4, -0.2) is 179 Å². The molecule has 0 radical (unpaired) electrons. The van der Waals surface area contributed by atoms with Crippen LogP contribution in [0.5, 0.6) is 11.5 Å². The van der Waals surface area contributed by atoms with Gasteiger partial charge in [-0.2, -0.15) is 11.8 Å². The number of carbonyl (C=O) groups excluding carboxylic acids is 8. The minimum atomic E-state index is -1.05. The van der Waals surface area contributed by atoms with Gasteiger partial charge in [0.25, 0.3) is 11.6 Å². The second-order valence-electron chi connectivity index (χ2n) is 23.0. The number of hydrogen-bond donors (Lipinski definition) is 9. The van der Waals surface area contributed by atoms with E-state index in [2.05, 4.69) is 37.2 Å². The van der Waals surface area contributed by atoms with E-state index >= 15 is 0 Å². The first-order valence-electron chi connectivity index (χ1n) is 31.0. The van der Waals surface area contributed by atoms with Gasteiger partial charge in [-0.05, 0) is 83.3 Å². The van der Waals surface area contributed by atoms with E-state index in [-0.39, 0.29) is 165 Å². The number of urea groups is 1. The Morgan fingerprint density at radius 3 is 2.23 bits per heavy atom. The molecule has 0 spiro atoms. The number of amides is 7. The van der Waals surface area contributed by atoms with E-state index in [4.69, 9.17) is 38.9 Å². The molecule has 7 amide bonds. The number of unbranched alkanes of at least 4 members (excludes halogenated alkanes) is 3. The molecule has 10 N–H and O–H groups in total. The SMILES string of the molecule is COc1cc(C(C)NC(=O)CCCCCNC(=O)CCCC[C@H]2SCC3NC(=O)NC32)c([N+](=O)[O-])cc1OCCCC(=O)NCCOCCOCCNC1=C2C[C@H](C)C[C@@H](OC)[C@@H](O)[C@H](C)/C=C(\C)[C@@H](OC(N)=O)C(OC)/C=C\C=C(/C)C(=O)NC(=CC1=O)C2=O. The molecule has 91 heavy (non-hydrogen) atoms. The first kappa shape index (κ1) is 74.4. The maximum absolute atomic E-state index is 14.1. The number of methoxy groups -OCH3 is 3. The smallest absolute Gasteiger partial charge is 0.405 e. The number of ketones is 2. The van der Waals surface area contributed by atoms with Crippen LogP contribution in [-0.2, 0) is 52.5 Å². The molecule has 504 valence electrons. The summed E-state index contributed by atoms with van der Waals surface area (Å²) in [5, 5.41) is 44.2. The Balaban J connectivity index is 0.983. The van der Waals surface area contributed by atoms with Crippen molar-refractivity contribution in [2.75, 3.05) is 79.8 Å². The lowest BCUT2D eigenvalue weighted by atomic mass is 9.85. The van der Waals surface area contributed by atoms with E-state index in [1.165, 1.54) is 52.5 Å². The van der Waals surface area contributed by atoms with Gasteiger partial charge in [-0.25, -0.2) is 9.59 Å². The number of nitrogens with zero attached hydrogens (tertiary/aromatic N) is 1. The van der Waals surface area contributed by atoms with Crippen LogP contribution >= 0.6 is 11.8 Å². The molecule has 0 aromatic heterocycles. The van der Waals surface area contributed by atoms with Gasteiger partial charge >= 0.3 is 12.1 Å². The fourth-order valence-electron chi connectivity index (χ4n) is 11.0. The van der Waals surface area contributed by atoms with E-state index in [0.29, 0.717) is 43.1 Å². The van der Waals surface area contributed by atoms with Crippen molar-refractivity contribution in [1.29, 1.82) is 0 Å². The van der Waals surface area contributed by atoms with Crippen LogP contribution in [0.25, 0.3) is 0 Å². The number of aliphatic hydroxyl groups excluding tert-OH is 1. The third-order valence-electron chi connectivity index (χ3n) is 15.9. The van der Waals surface area contributed by atoms with Crippen molar-refractivity contribution in [2.24, 2.45) is 17.6 Å². The van der Waals surface area contributed by atoms with Gasteiger partial charge in [-0.15, -0.1) is 0 Å². The van der Waals surface area contributed by atoms with Crippen molar-refractivity contribution < 1.29 is 81.5 Å². The molecule has 4 unspecified atom stereocenters. The fourth-order valence-corrected chi connectivity index (χ4v) is 12.6. The van der Waals surface area contributed by atoms with Gasteiger partial charge < -0.3 is 81.2 Å². The Morgan fingerprint density at radius 1 is 0.846 bits per heavy atom. The number of aliphatic hydroxyl groups is 1. The number of thioether (sulfide) groups is 1. The molecule has 2 fully saturated rings. The predicted octanol–water partition coefficient (Wildman–Crippen LogP) is 4.86. The minimum absolute atomic E-state index is 0.0113.